The lowest BCUT2D eigenvalue weighted by atomic mass is 9.81. The van der Waals surface area contributed by atoms with Crippen LogP contribution in [-0.4, -0.2) is 68.1 Å². The second-order valence-corrected chi connectivity index (χ2v) is 11.9. The molecule has 0 aromatic heterocycles. The number of benzene rings is 1. The topological polar surface area (TPSA) is 106 Å². The van der Waals surface area contributed by atoms with Crippen LogP contribution in [0, 0.1) is 23.7 Å². The monoisotopic (exact) mass is 539 g/mol. The lowest BCUT2D eigenvalue weighted by Gasteiger charge is -2.33. The lowest BCUT2D eigenvalue weighted by Crippen LogP contribution is -2.48. The van der Waals surface area contributed by atoms with Gasteiger partial charge in [0.15, 0.2) is 11.5 Å². The number of hydrogen-bond acceptors (Lipinski definition) is 7. The van der Waals surface area contributed by atoms with Crippen LogP contribution in [0.15, 0.2) is 18.2 Å². The molecule has 0 fully saturated rings. The molecule has 1 amide bonds. The van der Waals surface area contributed by atoms with Crippen LogP contribution in [-0.2, 0) is 15.9 Å². The van der Waals surface area contributed by atoms with E-state index in [0.717, 1.165) is 18.4 Å². The Morgan fingerprint density at radius 1 is 0.974 bits per heavy atom. The molecule has 0 aliphatic carbocycles. The SMILES string of the molecule is COCCCOc1cc(CC(C[C@H](NC(=O)OC(C)(C)C)[C@@H](O)C[C@H](CO)C(C)C)C(C)C)ccc1OC. The first-order chi connectivity index (χ1) is 17.8. The number of hydrogen-bond donors (Lipinski definition) is 3. The van der Waals surface area contributed by atoms with Gasteiger partial charge >= 0.3 is 6.09 Å². The van der Waals surface area contributed by atoms with Gasteiger partial charge in [0.05, 0.1) is 25.9 Å². The highest BCUT2D eigenvalue weighted by molar-refractivity contribution is 5.68. The molecular weight excluding hydrogens is 486 g/mol. The van der Waals surface area contributed by atoms with Crippen LogP contribution < -0.4 is 14.8 Å². The van der Waals surface area contributed by atoms with E-state index < -0.39 is 23.8 Å². The van der Waals surface area contributed by atoms with E-state index in [1.54, 1.807) is 14.2 Å². The number of carbonyl (C=O) groups is 1. The van der Waals surface area contributed by atoms with Gasteiger partial charge in [-0.2, -0.15) is 0 Å². The summed E-state index contributed by atoms with van der Waals surface area (Å²) in [7, 11) is 3.29. The molecule has 8 nitrogen and oxygen atoms in total. The van der Waals surface area contributed by atoms with Crippen molar-refractivity contribution in [2.24, 2.45) is 23.7 Å². The molecular formula is C30H53NO7. The van der Waals surface area contributed by atoms with Gasteiger partial charge in [-0.3, -0.25) is 0 Å². The molecule has 0 spiro atoms. The summed E-state index contributed by atoms with van der Waals surface area (Å²) in [5.74, 6) is 1.96. The lowest BCUT2D eigenvalue weighted by molar-refractivity contribution is 0.0298. The molecule has 1 unspecified atom stereocenters. The Hall–Kier alpha value is -2.03. The Labute approximate surface area is 230 Å². The summed E-state index contributed by atoms with van der Waals surface area (Å²) in [5, 5.41) is 24.0. The maximum atomic E-state index is 12.7. The molecule has 38 heavy (non-hydrogen) atoms. The van der Waals surface area contributed by atoms with Gasteiger partial charge in [0, 0.05) is 26.7 Å². The van der Waals surface area contributed by atoms with Gasteiger partial charge in [0.2, 0.25) is 0 Å². The van der Waals surface area contributed by atoms with Crippen molar-refractivity contribution in [1.82, 2.24) is 5.32 Å². The van der Waals surface area contributed by atoms with Gasteiger partial charge in [-0.1, -0.05) is 33.8 Å². The fourth-order valence-corrected chi connectivity index (χ4v) is 4.37. The van der Waals surface area contributed by atoms with E-state index in [-0.39, 0.29) is 30.3 Å². The van der Waals surface area contributed by atoms with E-state index in [4.69, 9.17) is 18.9 Å². The van der Waals surface area contributed by atoms with Gasteiger partial charge in [0.1, 0.15) is 5.60 Å². The molecule has 4 atom stereocenters. The molecule has 0 radical (unpaired) electrons. The quantitative estimate of drug-likeness (QED) is 0.233. The second-order valence-electron chi connectivity index (χ2n) is 11.9. The van der Waals surface area contributed by atoms with Crippen LogP contribution in [0.1, 0.15) is 73.3 Å². The van der Waals surface area contributed by atoms with Crippen molar-refractivity contribution >= 4 is 6.09 Å². The van der Waals surface area contributed by atoms with Crippen LogP contribution in [0.5, 0.6) is 11.5 Å². The molecule has 0 aliphatic heterocycles. The number of ether oxygens (including phenoxy) is 4. The highest BCUT2D eigenvalue weighted by atomic mass is 16.6. The Morgan fingerprint density at radius 2 is 1.63 bits per heavy atom. The number of aliphatic hydroxyl groups is 2. The van der Waals surface area contributed by atoms with Gasteiger partial charge in [-0.05, 0) is 81.4 Å². The average molecular weight is 540 g/mol. The number of aliphatic hydroxyl groups excluding tert-OH is 2. The smallest absolute Gasteiger partial charge is 0.407 e. The van der Waals surface area contributed by atoms with Gasteiger partial charge < -0.3 is 34.5 Å². The van der Waals surface area contributed by atoms with Crippen LogP contribution in [0.4, 0.5) is 4.79 Å². The summed E-state index contributed by atoms with van der Waals surface area (Å²) in [5.41, 5.74) is 0.442. The summed E-state index contributed by atoms with van der Waals surface area (Å²) in [4.78, 5) is 12.7. The minimum Gasteiger partial charge on any atom is -0.493 e. The van der Waals surface area contributed by atoms with E-state index >= 15 is 0 Å². The predicted molar refractivity (Wildman–Crippen MR) is 151 cm³/mol. The summed E-state index contributed by atoms with van der Waals surface area (Å²) >= 11 is 0. The van der Waals surface area contributed by atoms with Crippen molar-refractivity contribution in [3.8, 4) is 11.5 Å². The number of amides is 1. The fraction of sp³-hybridized carbons (Fsp3) is 0.767. The van der Waals surface area contributed by atoms with Crippen LogP contribution >= 0.6 is 0 Å². The minimum atomic E-state index is -0.820. The van der Waals surface area contributed by atoms with Crippen molar-refractivity contribution in [3.05, 3.63) is 23.8 Å². The molecule has 1 rings (SSSR count). The molecule has 0 heterocycles. The second kappa shape index (κ2) is 16.8. The van der Waals surface area contributed by atoms with E-state index in [2.05, 4.69) is 19.2 Å². The third-order valence-electron chi connectivity index (χ3n) is 6.86. The highest BCUT2D eigenvalue weighted by Crippen LogP contribution is 2.32. The van der Waals surface area contributed by atoms with Crippen LogP contribution in [0.25, 0.3) is 0 Å². The fourth-order valence-electron chi connectivity index (χ4n) is 4.37. The van der Waals surface area contributed by atoms with Crippen molar-refractivity contribution in [2.75, 3.05) is 34.0 Å². The van der Waals surface area contributed by atoms with Crippen molar-refractivity contribution in [1.29, 1.82) is 0 Å². The van der Waals surface area contributed by atoms with Crippen molar-refractivity contribution in [2.45, 2.75) is 91.9 Å². The standard InChI is InChI=1S/C30H53NO7/c1-20(2)23(15-22-11-12-27(36-9)28(16-22)37-14-10-13-35-8)17-25(31-29(34)38-30(5,6)7)26(33)18-24(19-32)21(3)4/h11-12,16,20-21,23-26,32-33H,10,13-15,17-19H2,1-9H3,(H,31,34)/t23?,24-,25+,26+/m1/s1. The zero-order chi connectivity index (χ0) is 28.9. The summed E-state index contributed by atoms with van der Waals surface area (Å²) in [6.45, 7) is 14.9. The van der Waals surface area contributed by atoms with Gasteiger partial charge in [-0.15, -0.1) is 0 Å². The predicted octanol–water partition coefficient (Wildman–Crippen LogP) is 5.22. The third-order valence-corrected chi connectivity index (χ3v) is 6.86. The first kappa shape index (κ1) is 34.0. The molecule has 0 bridgehead atoms. The number of methoxy groups -OCH3 is 2. The maximum Gasteiger partial charge on any atom is 0.407 e. The molecule has 0 saturated carbocycles. The molecule has 0 saturated heterocycles. The zero-order valence-electron chi connectivity index (χ0n) is 25.1. The summed E-state index contributed by atoms with van der Waals surface area (Å²) in [6.07, 6.45) is 1.10. The van der Waals surface area contributed by atoms with E-state index in [0.29, 0.717) is 37.6 Å². The van der Waals surface area contributed by atoms with Gasteiger partial charge in [0.25, 0.3) is 0 Å². The Kier molecular flexibility index (Phi) is 15.1. The number of alkyl carbamates (subject to hydrolysis) is 1. The summed E-state index contributed by atoms with van der Waals surface area (Å²) in [6, 6.07) is 5.43. The normalized spacial score (nSPS) is 15.2. The van der Waals surface area contributed by atoms with Crippen molar-refractivity contribution in [3.63, 3.8) is 0 Å². The van der Waals surface area contributed by atoms with Crippen molar-refractivity contribution < 1.29 is 34.0 Å². The Balaban J connectivity index is 3.13. The summed E-state index contributed by atoms with van der Waals surface area (Å²) < 4.78 is 22.1. The first-order valence-corrected chi connectivity index (χ1v) is 13.9. The number of rotatable bonds is 17. The first-order valence-electron chi connectivity index (χ1n) is 13.9. The minimum absolute atomic E-state index is 0.0134. The molecule has 1 aromatic rings. The molecule has 220 valence electrons. The third kappa shape index (κ3) is 12.7. The Bertz CT molecular complexity index is 806. The van der Waals surface area contributed by atoms with E-state index in [1.165, 1.54) is 0 Å². The molecule has 8 heteroatoms. The van der Waals surface area contributed by atoms with Crippen LogP contribution in [0.2, 0.25) is 0 Å². The number of nitrogens with one attached hydrogen (secondary N) is 1. The Morgan fingerprint density at radius 3 is 2.16 bits per heavy atom. The molecule has 3 N–H and O–H groups in total. The van der Waals surface area contributed by atoms with Crippen LogP contribution in [0.3, 0.4) is 0 Å². The molecule has 0 aliphatic rings. The van der Waals surface area contributed by atoms with E-state index in [1.807, 2.05) is 52.8 Å². The molecule has 1 aromatic carbocycles. The zero-order valence-corrected chi connectivity index (χ0v) is 25.1. The van der Waals surface area contributed by atoms with E-state index in [9.17, 15) is 15.0 Å². The highest BCUT2D eigenvalue weighted by Gasteiger charge is 2.31. The number of carbonyl (C=O) groups excluding carboxylic acids is 1. The maximum absolute atomic E-state index is 12.7. The average Bonchev–Trinajstić information content (AvgIpc) is 2.82. The largest absolute Gasteiger partial charge is 0.493 e. The van der Waals surface area contributed by atoms with Gasteiger partial charge in [-0.25, -0.2) is 4.79 Å².